The molecule has 1 saturated carbocycles. The van der Waals surface area contributed by atoms with Crippen molar-refractivity contribution in [2.45, 2.75) is 32.9 Å². The molecule has 1 fully saturated rings. The number of benzene rings is 1. The van der Waals surface area contributed by atoms with Gasteiger partial charge in [-0.25, -0.2) is 9.97 Å². The van der Waals surface area contributed by atoms with Crippen molar-refractivity contribution in [1.82, 2.24) is 24.1 Å². The van der Waals surface area contributed by atoms with Gasteiger partial charge in [-0.15, -0.1) is 0 Å². The van der Waals surface area contributed by atoms with Crippen LogP contribution in [0.1, 0.15) is 18.7 Å². The maximum atomic E-state index is 8.36. The first-order valence-electron chi connectivity index (χ1n) is 9.56. The molecule has 3 aromatic heterocycles. The molecule has 0 spiro atoms. The molecular weight excluding hydrogens is 366 g/mol. The zero-order valence-electron chi connectivity index (χ0n) is 16.3. The minimum Gasteiger partial charge on any atom is -0.483 e. The fraction of sp³-hybridized carbons (Fsp3) is 0.273. The molecule has 0 aliphatic heterocycles. The van der Waals surface area contributed by atoms with E-state index in [1.165, 1.54) is 12.8 Å². The van der Waals surface area contributed by atoms with E-state index in [-0.39, 0.29) is 6.47 Å². The molecule has 148 valence electrons. The van der Waals surface area contributed by atoms with Gasteiger partial charge in [0.05, 0.1) is 5.52 Å². The van der Waals surface area contributed by atoms with Crippen LogP contribution in [0.2, 0.25) is 0 Å². The number of aryl methyl sites for hydroxylation is 1. The van der Waals surface area contributed by atoms with Gasteiger partial charge in [0.15, 0.2) is 0 Å². The molecule has 7 heteroatoms. The average Bonchev–Trinajstić information content (AvgIpc) is 3.12. The van der Waals surface area contributed by atoms with Crippen LogP contribution in [0, 0.1) is 12.3 Å². The minimum absolute atomic E-state index is 0.250. The summed E-state index contributed by atoms with van der Waals surface area (Å²) in [7, 11) is 0. The summed E-state index contributed by atoms with van der Waals surface area (Å²) >= 11 is 0. The standard InChI is InChI=1S/C21H21N5.CH2O2/c1-16-22-9-11-25(16)14-21(6-7-21)15-26-12-10-24-20(26)18-5-4-17-3-2-8-23-19(17)13-18;2-1-3/h2-5,8-13H,6-7,14-15H2,1H3;1H,(H,2,3). The Labute approximate surface area is 168 Å². The molecule has 0 unspecified atom stereocenters. The Balaban J connectivity index is 0.000000645. The lowest BCUT2D eigenvalue weighted by Crippen LogP contribution is -2.19. The number of pyridine rings is 1. The topological polar surface area (TPSA) is 85.8 Å². The molecule has 1 aromatic carbocycles. The highest BCUT2D eigenvalue weighted by Gasteiger charge is 2.43. The van der Waals surface area contributed by atoms with Crippen LogP contribution in [0.4, 0.5) is 0 Å². The van der Waals surface area contributed by atoms with Crippen LogP contribution in [0.3, 0.4) is 0 Å². The molecule has 29 heavy (non-hydrogen) atoms. The Morgan fingerprint density at radius 1 is 1.03 bits per heavy atom. The summed E-state index contributed by atoms with van der Waals surface area (Å²) in [5.74, 6) is 2.11. The Hall–Kier alpha value is -3.48. The van der Waals surface area contributed by atoms with Crippen LogP contribution in [0.5, 0.6) is 0 Å². The zero-order chi connectivity index (χ0) is 20.3. The summed E-state index contributed by atoms with van der Waals surface area (Å²) in [5, 5.41) is 8.05. The molecule has 1 aliphatic rings. The lowest BCUT2D eigenvalue weighted by Gasteiger charge is -2.19. The van der Waals surface area contributed by atoms with E-state index in [4.69, 9.17) is 9.90 Å². The third kappa shape index (κ3) is 4.03. The van der Waals surface area contributed by atoms with Crippen molar-refractivity contribution in [2.75, 3.05) is 0 Å². The predicted octanol–water partition coefficient (Wildman–Crippen LogP) is 3.78. The first-order chi connectivity index (χ1) is 14.1. The minimum atomic E-state index is -0.250. The molecule has 0 amide bonds. The Bertz CT molecular complexity index is 1130. The predicted molar refractivity (Wildman–Crippen MR) is 110 cm³/mol. The molecule has 0 atom stereocenters. The van der Waals surface area contributed by atoms with Gasteiger partial charge >= 0.3 is 0 Å². The van der Waals surface area contributed by atoms with E-state index in [0.717, 1.165) is 41.2 Å². The maximum absolute atomic E-state index is 8.36. The van der Waals surface area contributed by atoms with Gasteiger partial charge in [0.2, 0.25) is 0 Å². The molecule has 7 nitrogen and oxygen atoms in total. The molecule has 0 radical (unpaired) electrons. The van der Waals surface area contributed by atoms with Gasteiger partial charge in [-0.2, -0.15) is 0 Å². The van der Waals surface area contributed by atoms with Crippen molar-refractivity contribution in [3.8, 4) is 11.4 Å². The van der Waals surface area contributed by atoms with Crippen LogP contribution in [0.25, 0.3) is 22.3 Å². The molecule has 3 heterocycles. The van der Waals surface area contributed by atoms with Crippen molar-refractivity contribution >= 4 is 17.4 Å². The molecule has 0 bridgehead atoms. The van der Waals surface area contributed by atoms with Crippen molar-refractivity contribution in [3.63, 3.8) is 0 Å². The van der Waals surface area contributed by atoms with Crippen molar-refractivity contribution in [3.05, 3.63) is 67.1 Å². The fourth-order valence-corrected chi connectivity index (χ4v) is 3.74. The Kier molecular flexibility index (Phi) is 5.12. The van der Waals surface area contributed by atoms with E-state index in [9.17, 15) is 0 Å². The largest absolute Gasteiger partial charge is 0.483 e. The summed E-state index contributed by atoms with van der Waals surface area (Å²) in [6.07, 6.45) is 12.3. The van der Waals surface area contributed by atoms with Gasteiger partial charge < -0.3 is 14.2 Å². The van der Waals surface area contributed by atoms with Gasteiger partial charge in [-0.3, -0.25) is 9.78 Å². The van der Waals surface area contributed by atoms with Gasteiger partial charge in [0.25, 0.3) is 6.47 Å². The highest BCUT2D eigenvalue weighted by atomic mass is 16.3. The number of aromatic nitrogens is 5. The summed E-state index contributed by atoms with van der Waals surface area (Å²) in [6, 6.07) is 10.5. The van der Waals surface area contributed by atoms with E-state index in [1.54, 1.807) is 0 Å². The SMILES string of the molecule is Cc1nccn1CC1(Cn2ccnc2-c2ccc3cccnc3c2)CC1.O=CO. The van der Waals surface area contributed by atoms with Crippen LogP contribution in [-0.4, -0.2) is 35.7 Å². The monoisotopic (exact) mass is 389 g/mol. The molecular formula is C22H23N5O2. The number of imidazole rings is 2. The summed E-state index contributed by atoms with van der Waals surface area (Å²) in [4.78, 5) is 21.8. The highest BCUT2D eigenvalue weighted by molar-refractivity contribution is 5.82. The van der Waals surface area contributed by atoms with Crippen LogP contribution >= 0.6 is 0 Å². The van der Waals surface area contributed by atoms with Gasteiger partial charge in [0.1, 0.15) is 11.6 Å². The molecule has 1 aliphatic carbocycles. The number of carboxylic acid groups (broad SMARTS) is 1. The summed E-state index contributed by atoms with van der Waals surface area (Å²) < 4.78 is 4.56. The smallest absolute Gasteiger partial charge is 0.290 e. The molecule has 5 rings (SSSR count). The van der Waals surface area contributed by atoms with E-state index in [1.807, 2.05) is 24.7 Å². The third-order valence-electron chi connectivity index (χ3n) is 5.47. The van der Waals surface area contributed by atoms with E-state index in [2.05, 4.69) is 67.7 Å². The van der Waals surface area contributed by atoms with Gasteiger partial charge in [-0.1, -0.05) is 18.2 Å². The van der Waals surface area contributed by atoms with Gasteiger partial charge in [0, 0.05) is 60.4 Å². The molecule has 1 N–H and O–H groups in total. The fourth-order valence-electron chi connectivity index (χ4n) is 3.74. The third-order valence-corrected chi connectivity index (χ3v) is 5.47. The number of fused-ring (bicyclic) bond motifs is 1. The highest BCUT2D eigenvalue weighted by Crippen LogP contribution is 2.49. The number of hydrogen-bond donors (Lipinski definition) is 1. The average molecular weight is 389 g/mol. The van der Waals surface area contributed by atoms with Crippen LogP contribution < -0.4 is 0 Å². The number of rotatable bonds is 5. The second kappa shape index (κ2) is 7.87. The first-order valence-corrected chi connectivity index (χ1v) is 9.56. The Morgan fingerprint density at radius 3 is 2.48 bits per heavy atom. The van der Waals surface area contributed by atoms with E-state index in [0.29, 0.717) is 5.41 Å². The first kappa shape index (κ1) is 18.9. The normalized spacial score (nSPS) is 14.2. The zero-order valence-corrected chi connectivity index (χ0v) is 16.3. The molecule has 0 saturated heterocycles. The van der Waals surface area contributed by atoms with Gasteiger partial charge in [-0.05, 0) is 31.9 Å². The lowest BCUT2D eigenvalue weighted by atomic mass is 10.1. The van der Waals surface area contributed by atoms with Crippen LogP contribution in [0.15, 0.2) is 61.3 Å². The maximum Gasteiger partial charge on any atom is 0.290 e. The number of hydrogen-bond acceptors (Lipinski definition) is 4. The van der Waals surface area contributed by atoms with E-state index >= 15 is 0 Å². The number of nitrogens with zero attached hydrogens (tertiary/aromatic N) is 5. The van der Waals surface area contributed by atoms with E-state index < -0.39 is 0 Å². The second-order valence-corrected chi connectivity index (χ2v) is 7.50. The summed E-state index contributed by atoms with van der Waals surface area (Å²) in [6.45, 7) is 3.83. The second-order valence-electron chi connectivity index (χ2n) is 7.50. The van der Waals surface area contributed by atoms with Crippen molar-refractivity contribution < 1.29 is 9.90 Å². The molecule has 4 aromatic rings. The van der Waals surface area contributed by atoms with Crippen LogP contribution in [-0.2, 0) is 17.9 Å². The summed E-state index contributed by atoms with van der Waals surface area (Å²) in [5.41, 5.74) is 2.45. The van der Waals surface area contributed by atoms with Crippen molar-refractivity contribution in [1.29, 1.82) is 0 Å². The Morgan fingerprint density at radius 2 is 1.76 bits per heavy atom. The quantitative estimate of drug-likeness (QED) is 0.525. The number of carbonyl (C=O) groups is 1. The van der Waals surface area contributed by atoms with Crippen molar-refractivity contribution in [2.24, 2.45) is 5.41 Å². The lowest BCUT2D eigenvalue weighted by molar-refractivity contribution is -0.122.